The Balaban J connectivity index is 2.85. The van der Waals surface area contributed by atoms with Gasteiger partial charge in [-0.05, 0) is 30.1 Å². The quantitative estimate of drug-likeness (QED) is 0.787. The summed E-state index contributed by atoms with van der Waals surface area (Å²) in [5.74, 6) is 0.523. The maximum atomic E-state index is 5.55. The number of halogens is 2. The van der Waals surface area contributed by atoms with E-state index in [1.807, 2.05) is 6.92 Å². The molecule has 1 atom stereocenters. The van der Waals surface area contributed by atoms with Crippen molar-refractivity contribution in [3.05, 3.63) is 16.4 Å². The third kappa shape index (κ3) is 2.89. The number of aromatic nitrogens is 3. The molecule has 66 valence electrons. The first kappa shape index (κ1) is 9.64. The van der Waals surface area contributed by atoms with E-state index in [-0.39, 0.29) is 16.6 Å². The minimum Gasteiger partial charge on any atom is -0.328 e. The fourth-order valence-electron chi connectivity index (χ4n) is 0.743. The van der Waals surface area contributed by atoms with Crippen molar-refractivity contribution in [2.24, 2.45) is 5.73 Å². The molecule has 0 amide bonds. The molecule has 1 rings (SSSR count). The molecule has 0 aliphatic heterocycles. The van der Waals surface area contributed by atoms with E-state index in [1.165, 1.54) is 0 Å². The van der Waals surface area contributed by atoms with Crippen LogP contribution in [0.1, 0.15) is 12.7 Å². The fraction of sp³-hybridized carbons (Fsp3) is 0.500. The number of nitrogens with zero attached hydrogens (tertiary/aromatic N) is 3. The van der Waals surface area contributed by atoms with Crippen LogP contribution in [-0.4, -0.2) is 21.0 Å². The van der Waals surface area contributed by atoms with Crippen LogP contribution in [0.25, 0.3) is 0 Å². The highest BCUT2D eigenvalue weighted by Gasteiger charge is 2.04. The number of nitrogens with two attached hydrogens (primary N) is 1. The zero-order valence-electron chi connectivity index (χ0n) is 6.46. The van der Waals surface area contributed by atoms with Gasteiger partial charge < -0.3 is 5.73 Å². The minimum absolute atomic E-state index is 0.0143. The van der Waals surface area contributed by atoms with Gasteiger partial charge in [-0.2, -0.15) is 4.98 Å². The lowest BCUT2D eigenvalue weighted by atomic mass is 10.2. The largest absolute Gasteiger partial charge is 0.328 e. The van der Waals surface area contributed by atoms with Gasteiger partial charge in [0.1, 0.15) is 5.82 Å². The summed E-state index contributed by atoms with van der Waals surface area (Å²) >= 11 is 11.1. The molecule has 1 heterocycles. The summed E-state index contributed by atoms with van der Waals surface area (Å²) in [6.07, 6.45) is 0.544. The number of rotatable bonds is 2. The maximum Gasteiger partial charge on any atom is 0.226 e. The van der Waals surface area contributed by atoms with Gasteiger partial charge in [-0.3, -0.25) is 0 Å². The minimum atomic E-state index is -0.0143. The third-order valence-corrected chi connectivity index (χ3v) is 1.47. The summed E-state index contributed by atoms with van der Waals surface area (Å²) in [6.45, 7) is 1.85. The molecule has 0 aromatic carbocycles. The van der Waals surface area contributed by atoms with Crippen LogP contribution >= 0.6 is 23.2 Å². The molecule has 12 heavy (non-hydrogen) atoms. The Bertz CT molecular complexity index is 256. The molecule has 0 saturated heterocycles. The van der Waals surface area contributed by atoms with Gasteiger partial charge in [0.25, 0.3) is 0 Å². The Hall–Kier alpha value is -0.450. The lowest BCUT2D eigenvalue weighted by Crippen LogP contribution is -2.19. The second-order valence-corrected chi connectivity index (χ2v) is 3.15. The lowest BCUT2D eigenvalue weighted by molar-refractivity contribution is 0.696. The first-order chi connectivity index (χ1) is 5.58. The second-order valence-electron chi connectivity index (χ2n) is 2.47. The van der Waals surface area contributed by atoms with Crippen molar-refractivity contribution in [1.82, 2.24) is 15.0 Å². The van der Waals surface area contributed by atoms with Gasteiger partial charge in [0.15, 0.2) is 0 Å². The summed E-state index contributed by atoms with van der Waals surface area (Å²) < 4.78 is 0. The van der Waals surface area contributed by atoms with Gasteiger partial charge in [-0.1, -0.05) is 0 Å². The highest BCUT2D eigenvalue weighted by molar-refractivity contribution is 6.30. The highest BCUT2D eigenvalue weighted by atomic mass is 35.5. The van der Waals surface area contributed by atoms with Crippen molar-refractivity contribution in [1.29, 1.82) is 0 Å². The van der Waals surface area contributed by atoms with Crippen LogP contribution < -0.4 is 5.73 Å². The zero-order chi connectivity index (χ0) is 9.14. The normalized spacial score (nSPS) is 13.0. The van der Waals surface area contributed by atoms with Crippen molar-refractivity contribution in [3.8, 4) is 0 Å². The molecule has 0 bridgehead atoms. The smallest absolute Gasteiger partial charge is 0.226 e. The first-order valence-corrected chi connectivity index (χ1v) is 4.15. The highest BCUT2D eigenvalue weighted by Crippen LogP contribution is 2.06. The Morgan fingerprint density at radius 3 is 2.17 bits per heavy atom. The van der Waals surface area contributed by atoms with Crippen LogP contribution in [0.4, 0.5) is 0 Å². The van der Waals surface area contributed by atoms with E-state index in [0.29, 0.717) is 12.2 Å². The SMILES string of the molecule is CC(N)Cc1nc(Cl)nc(Cl)n1. The molecule has 1 aromatic rings. The Morgan fingerprint density at radius 2 is 1.75 bits per heavy atom. The molecular weight excluding hydrogens is 199 g/mol. The van der Waals surface area contributed by atoms with Crippen molar-refractivity contribution in [2.75, 3.05) is 0 Å². The standard InChI is InChI=1S/C6H8Cl2N4/c1-3(9)2-4-10-5(7)12-6(8)11-4/h3H,2,9H2,1H3. The van der Waals surface area contributed by atoms with E-state index >= 15 is 0 Å². The summed E-state index contributed by atoms with van der Waals surface area (Å²) in [5, 5.41) is 0.205. The molecule has 4 nitrogen and oxygen atoms in total. The molecule has 1 aromatic heterocycles. The molecule has 0 aliphatic carbocycles. The summed E-state index contributed by atoms with van der Waals surface area (Å²) in [5.41, 5.74) is 5.54. The predicted octanol–water partition coefficient (Wildman–Crippen LogP) is 1.07. The Morgan fingerprint density at radius 1 is 1.25 bits per heavy atom. The van der Waals surface area contributed by atoms with Crippen molar-refractivity contribution < 1.29 is 0 Å². The topological polar surface area (TPSA) is 64.7 Å². The van der Waals surface area contributed by atoms with E-state index in [9.17, 15) is 0 Å². The molecular formula is C6H8Cl2N4. The molecule has 2 N–H and O–H groups in total. The molecule has 0 radical (unpaired) electrons. The van der Waals surface area contributed by atoms with Crippen LogP contribution in [0.15, 0.2) is 0 Å². The fourth-order valence-corrected chi connectivity index (χ4v) is 1.14. The van der Waals surface area contributed by atoms with E-state index < -0.39 is 0 Å². The monoisotopic (exact) mass is 206 g/mol. The average Bonchev–Trinajstić information content (AvgIpc) is 1.81. The van der Waals surface area contributed by atoms with Gasteiger partial charge in [-0.25, -0.2) is 9.97 Å². The van der Waals surface area contributed by atoms with Gasteiger partial charge >= 0.3 is 0 Å². The van der Waals surface area contributed by atoms with Crippen LogP contribution in [0.2, 0.25) is 10.6 Å². The van der Waals surface area contributed by atoms with Crippen LogP contribution in [-0.2, 0) is 6.42 Å². The molecule has 0 spiro atoms. The van der Waals surface area contributed by atoms with Gasteiger partial charge in [0, 0.05) is 12.5 Å². The maximum absolute atomic E-state index is 5.55. The van der Waals surface area contributed by atoms with Crippen molar-refractivity contribution in [2.45, 2.75) is 19.4 Å². The first-order valence-electron chi connectivity index (χ1n) is 3.39. The van der Waals surface area contributed by atoms with Gasteiger partial charge in [-0.15, -0.1) is 0 Å². The Labute approximate surface area is 80.1 Å². The molecule has 1 unspecified atom stereocenters. The molecule has 0 aliphatic rings. The van der Waals surface area contributed by atoms with E-state index in [0.717, 1.165) is 0 Å². The number of hydrogen-bond acceptors (Lipinski definition) is 4. The van der Waals surface area contributed by atoms with Crippen LogP contribution in [0.3, 0.4) is 0 Å². The summed E-state index contributed by atoms with van der Waals surface area (Å²) in [6, 6.07) is -0.0143. The van der Waals surface area contributed by atoms with Crippen molar-refractivity contribution >= 4 is 23.2 Å². The van der Waals surface area contributed by atoms with Gasteiger partial charge in [0.05, 0.1) is 0 Å². The van der Waals surface area contributed by atoms with Gasteiger partial charge in [0.2, 0.25) is 10.6 Å². The van der Waals surface area contributed by atoms with E-state index in [4.69, 9.17) is 28.9 Å². The average molecular weight is 207 g/mol. The summed E-state index contributed by atoms with van der Waals surface area (Å²) in [7, 11) is 0. The zero-order valence-corrected chi connectivity index (χ0v) is 7.97. The van der Waals surface area contributed by atoms with Crippen LogP contribution in [0.5, 0.6) is 0 Å². The second kappa shape index (κ2) is 3.98. The van der Waals surface area contributed by atoms with Crippen molar-refractivity contribution in [3.63, 3.8) is 0 Å². The van der Waals surface area contributed by atoms with Crippen LogP contribution in [0, 0.1) is 0 Å². The third-order valence-electron chi connectivity index (χ3n) is 1.13. The molecule has 0 saturated carbocycles. The summed E-state index contributed by atoms with van der Waals surface area (Å²) in [4.78, 5) is 11.3. The molecule has 6 heteroatoms. The van der Waals surface area contributed by atoms with E-state index in [1.54, 1.807) is 0 Å². The lowest BCUT2D eigenvalue weighted by Gasteiger charge is -2.02. The number of hydrogen-bond donors (Lipinski definition) is 1. The molecule has 0 fully saturated rings. The van der Waals surface area contributed by atoms with E-state index in [2.05, 4.69) is 15.0 Å². The predicted molar refractivity (Wildman–Crippen MR) is 47.2 cm³/mol. The Kier molecular flexibility index (Phi) is 3.20.